The summed E-state index contributed by atoms with van der Waals surface area (Å²) in [5.74, 6) is 2.18. The molecule has 2 unspecified atom stereocenters. The second-order valence-corrected chi connectivity index (χ2v) is 10.5. The lowest BCUT2D eigenvalue weighted by atomic mass is 9.45. The molecule has 3 saturated carbocycles. The highest BCUT2D eigenvalue weighted by Crippen LogP contribution is 2.62. The van der Waals surface area contributed by atoms with Crippen molar-refractivity contribution in [2.75, 3.05) is 0 Å². The molecule has 4 rings (SSSR count). The van der Waals surface area contributed by atoms with Crippen molar-refractivity contribution in [3.05, 3.63) is 29.8 Å². The Labute approximate surface area is 135 Å². The Balaban J connectivity index is 1.74. The summed E-state index contributed by atoms with van der Waals surface area (Å²) in [5.41, 5.74) is 1.53. The Morgan fingerprint density at radius 2 is 1.82 bits per heavy atom. The van der Waals surface area contributed by atoms with Crippen molar-refractivity contribution < 1.29 is 8.42 Å². The largest absolute Gasteiger partial charge is 0.223 e. The van der Waals surface area contributed by atoms with Crippen LogP contribution in [-0.2, 0) is 9.84 Å². The van der Waals surface area contributed by atoms with Gasteiger partial charge in [-0.15, -0.1) is 0 Å². The topological polar surface area (TPSA) is 34.1 Å². The van der Waals surface area contributed by atoms with Crippen molar-refractivity contribution >= 4 is 9.84 Å². The molecule has 3 aliphatic carbocycles. The quantitative estimate of drug-likeness (QED) is 0.811. The van der Waals surface area contributed by atoms with Crippen molar-refractivity contribution in [3.8, 4) is 0 Å². The zero-order valence-electron chi connectivity index (χ0n) is 14.2. The van der Waals surface area contributed by atoms with Crippen molar-refractivity contribution in [1.82, 2.24) is 0 Å². The fraction of sp³-hybridized carbons (Fsp3) is 0.684. The number of hydrogen-bond acceptors (Lipinski definition) is 2. The van der Waals surface area contributed by atoms with Crippen LogP contribution in [0.4, 0.5) is 0 Å². The molecular formula is C19H28O2S. The first-order valence-electron chi connectivity index (χ1n) is 8.53. The van der Waals surface area contributed by atoms with Crippen molar-refractivity contribution in [1.29, 1.82) is 0 Å². The highest BCUT2D eigenvalue weighted by atomic mass is 32.2. The first-order valence-corrected chi connectivity index (χ1v) is 10.1. The minimum Gasteiger partial charge on any atom is -0.223 e. The van der Waals surface area contributed by atoms with Gasteiger partial charge in [-0.1, -0.05) is 31.5 Å². The SMILES string of the molecule is Cc1ccc(S(=O)(=O)C(C)CC2CC[C@H]3C[C@@H]2C3(C)C)cc1. The van der Waals surface area contributed by atoms with E-state index in [1.165, 1.54) is 19.3 Å². The van der Waals surface area contributed by atoms with E-state index in [1.54, 1.807) is 12.1 Å². The molecule has 22 heavy (non-hydrogen) atoms. The molecule has 1 aromatic carbocycles. The monoisotopic (exact) mass is 320 g/mol. The molecule has 0 aromatic heterocycles. The van der Waals surface area contributed by atoms with Gasteiger partial charge < -0.3 is 0 Å². The Kier molecular flexibility index (Phi) is 3.91. The van der Waals surface area contributed by atoms with E-state index >= 15 is 0 Å². The normalized spacial score (nSPS) is 31.4. The third-order valence-corrected chi connectivity index (χ3v) is 8.70. The van der Waals surface area contributed by atoms with Crippen LogP contribution in [0.1, 0.15) is 52.0 Å². The Morgan fingerprint density at radius 3 is 2.36 bits per heavy atom. The van der Waals surface area contributed by atoms with Crippen molar-refractivity contribution in [3.63, 3.8) is 0 Å². The van der Waals surface area contributed by atoms with E-state index in [0.717, 1.165) is 23.8 Å². The maximum absolute atomic E-state index is 12.8. The van der Waals surface area contributed by atoms with E-state index in [1.807, 2.05) is 26.0 Å². The van der Waals surface area contributed by atoms with Gasteiger partial charge in [-0.3, -0.25) is 0 Å². The predicted molar refractivity (Wildman–Crippen MR) is 90.5 cm³/mol. The van der Waals surface area contributed by atoms with Gasteiger partial charge >= 0.3 is 0 Å². The molecule has 2 nitrogen and oxygen atoms in total. The fourth-order valence-corrected chi connectivity index (χ4v) is 6.24. The van der Waals surface area contributed by atoms with E-state index in [9.17, 15) is 8.42 Å². The van der Waals surface area contributed by atoms with Gasteiger partial charge in [-0.05, 0) is 74.8 Å². The predicted octanol–water partition coefficient (Wildman–Crippen LogP) is 4.62. The van der Waals surface area contributed by atoms with Crippen LogP contribution in [0.3, 0.4) is 0 Å². The van der Waals surface area contributed by atoms with Gasteiger partial charge in [0.2, 0.25) is 0 Å². The first-order chi connectivity index (χ1) is 10.2. The Morgan fingerprint density at radius 1 is 1.18 bits per heavy atom. The number of fused-ring (bicyclic) bond motifs is 2. The Bertz CT molecular complexity index is 641. The number of benzene rings is 1. The zero-order chi connectivity index (χ0) is 16.1. The van der Waals surface area contributed by atoms with Crippen LogP contribution < -0.4 is 0 Å². The lowest BCUT2D eigenvalue weighted by molar-refractivity contribution is -0.106. The molecule has 3 aliphatic rings. The van der Waals surface area contributed by atoms with E-state index in [-0.39, 0.29) is 5.25 Å². The summed E-state index contributed by atoms with van der Waals surface area (Å²) in [6.45, 7) is 8.62. The van der Waals surface area contributed by atoms with Gasteiger partial charge in [0.15, 0.2) is 9.84 Å². The molecule has 0 aliphatic heterocycles. The minimum atomic E-state index is -3.20. The van der Waals surface area contributed by atoms with Crippen LogP contribution in [-0.4, -0.2) is 13.7 Å². The molecule has 0 saturated heterocycles. The van der Waals surface area contributed by atoms with Crippen LogP contribution >= 0.6 is 0 Å². The molecule has 2 bridgehead atoms. The molecule has 3 fully saturated rings. The summed E-state index contributed by atoms with van der Waals surface area (Å²) < 4.78 is 25.6. The second kappa shape index (κ2) is 5.36. The van der Waals surface area contributed by atoms with Crippen LogP contribution in [0.15, 0.2) is 29.2 Å². The van der Waals surface area contributed by atoms with Crippen LogP contribution in [0, 0.1) is 30.1 Å². The van der Waals surface area contributed by atoms with Gasteiger partial charge in [0, 0.05) is 0 Å². The molecule has 1 aromatic rings. The first kappa shape index (κ1) is 16.0. The summed E-state index contributed by atoms with van der Waals surface area (Å²) in [7, 11) is -3.20. The number of hydrogen-bond donors (Lipinski definition) is 0. The van der Waals surface area contributed by atoms with Gasteiger partial charge in [0.1, 0.15) is 0 Å². The van der Waals surface area contributed by atoms with Crippen molar-refractivity contribution in [2.24, 2.45) is 23.2 Å². The molecule has 0 spiro atoms. The number of rotatable bonds is 4. The molecule has 4 atom stereocenters. The standard InChI is InChI=1S/C19H28O2S/c1-13-5-9-17(10-6-13)22(20,21)14(2)11-15-7-8-16-12-18(15)19(16,3)4/h5-6,9-10,14-16,18H,7-8,11-12H2,1-4H3/t14?,15?,16-,18-/m0/s1. The van der Waals surface area contributed by atoms with E-state index < -0.39 is 9.84 Å². The summed E-state index contributed by atoms with van der Waals surface area (Å²) in [6, 6.07) is 7.29. The average molecular weight is 320 g/mol. The second-order valence-electron chi connectivity index (χ2n) is 8.10. The summed E-state index contributed by atoms with van der Waals surface area (Å²) in [5, 5.41) is -0.284. The van der Waals surface area contributed by atoms with Gasteiger partial charge in [0.05, 0.1) is 10.1 Å². The third-order valence-electron chi connectivity index (χ3n) is 6.52. The third kappa shape index (κ3) is 2.51. The number of aryl methyl sites for hydroxylation is 1. The smallest absolute Gasteiger partial charge is 0.180 e. The lowest BCUT2D eigenvalue weighted by Crippen LogP contribution is -2.53. The highest BCUT2D eigenvalue weighted by Gasteiger charge is 2.54. The maximum Gasteiger partial charge on any atom is 0.180 e. The summed E-state index contributed by atoms with van der Waals surface area (Å²) in [6.07, 6.45) is 4.63. The average Bonchev–Trinajstić information content (AvgIpc) is 2.47. The Hall–Kier alpha value is -0.830. The van der Waals surface area contributed by atoms with E-state index in [4.69, 9.17) is 0 Å². The molecule has 122 valence electrons. The highest BCUT2D eigenvalue weighted by molar-refractivity contribution is 7.92. The van der Waals surface area contributed by atoms with Gasteiger partial charge in [0.25, 0.3) is 0 Å². The molecule has 3 heteroatoms. The summed E-state index contributed by atoms with van der Waals surface area (Å²) >= 11 is 0. The zero-order valence-corrected chi connectivity index (χ0v) is 15.0. The molecule has 0 N–H and O–H groups in total. The molecule has 0 amide bonds. The number of sulfone groups is 1. The maximum atomic E-state index is 12.8. The van der Waals surface area contributed by atoms with Gasteiger partial charge in [-0.2, -0.15) is 0 Å². The summed E-state index contributed by atoms with van der Waals surface area (Å²) in [4.78, 5) is 0.479. The molecular weight excluding hydrogens is 292 g/mol. The van der Waals surface area contributed by atoms with E-state index in [2.05, 4.69) is 13.8 Å². The van der Waals surface area contributed by atoms with Crippen LogP contribution in [0.5, 0.6) is 0 Å². The van der Waals surface area contributed by atoms with Gasteiger partial charge in [-0.25, -0.2) is 8.42 Å². The minimum absolute atomic E-state index is 0.284. The molecule has 0 radical (unpaired) electrons. The van der Waals surface area contributed by atoms with Crippen LogP contribution in [0.2, 0.25) is 0 Å². The van der Waals surface area contributed by atoms with E-state index in [0.29, 0.717) is 16.2 Å². The fourth-order valence-electron chi connectivity index (χ4n) is 4.76. The molecule has 0 heterocycles. The van der Waals surface area contributed by atoms with Crippen LogP contribution in [0.25, 0.3) is 0 Å². The lowest BCUT2D eigenvalue weighted by Gasteiger charge is -2.60. The van der Waals surface area contributed by atoms with Crippen molar-refractivity contribution in [2.45, 2.75) is 63.5 Å².